The minimum absolute atomic E-state index is 0. The Kier molecular flexibility index (Phi) is 7.09. The number of hydrogen-bond acceptors (Lipinski definition) is 4. The number of furan rings is 1. The van der Waals surface area contributed by atoms with Crippen molar-refractivity contribution in [2.45, 2.75) is 38.2 Å². The topological polar surface area (TPSA) is 42.7 Å². The van der Waals surface area contributed by atoms with Gasteiger partial charge in [-0.15, -0.1) is 12.4 Å². The summed E-state index contributed by atoms with van der Waals surface area (Å²) in [6, 6.07) is 13.5. The van der Waals surface area contributed by atoms with E-state index >= 15 is 0 Å². The summed E-state index contributed by atoms with van der Waals surface area (Å²) in [7, 11) is 0. The first-order valence-corrected chi connectivity index (χ1v) is 8.78. The standard InChI is InChI=1S/C20H25NO3.ClH/c1-2-3-13-21-14-11-20(12-15-21,17-8-5-4-6-9-17)24-19(22)18-10-7-16-23-18;/h4-10,16H,2-3,11-15H2,1H3;1H. The van der Waals surface area contributed by atoms with E-state index in [0.717, 1.165) is 38.0 Å². The second-order valence-electron chi connectivity index (χ2n) is 6.42. The van der Waals surface area contributed by atoms with Gasteiger partial charge in [0.15, 0.2) is 0 Å². The molecular formula is C20H26ClNO3. The van der Waals surface area contributed by atoms with Crippen molar-refractivity contribution in [3.8, 4) is 0 Å². The molecule has 0 saturated carbocycles. The number of piperidine rings is 1. The van der Waals surface area contributed by atoms with Crippen LogP contribution in [0.25, 0.3) is 0 Å². The quantitative estimate of drug-likeness (QED) is 0.700. The van der Waals surface area contributed by atoms with E-state index in [0.29, 0.717) is 0 Å². The number of ether oxygens (including phenoxy) is 1. The third-order valence-electron chi connectivity index (χ3n) is 4.80. The van der Waals surface area contributed by atoms with E-state index in [9.17, 15) is 4.79 Å². The van der Waals surface area contributed by atoms with Crippen LogP contribution in [0, 0.1) is 0 Å². The number of benzene rings is 1. The van der Waals surface area contributed by atoms with Gasteiger partial charge in [-0.3, -0.25) is 0 Å². The van der Waals surface area contributed by atoms with Gasteiger partial charge in [0.25, 0.3) is 0 Å². The number of halogens is 1. The lowest BCUT2D eigenvalue weighted by Crippen LogP contribution is -2.45. The lowest BCUT2D eigenvalue weighted by atomic mass is 9.84. The van der Waals surface area contributed by atoms with Gasteiger partial charge in [-0.25, -0.2) is 4.79 Å². The first-order valence-electron chi connectivity index (χ1n) is 8.78. The third kappa shape index (κ3) is 4.65. The SMILES string of the molecule is CCCCN1CCC(OC(=O)c2ccco2)(c2ccccc2)CC1.Cl. The average Bonchev–Trinajstić information content (AvgIpc) is 3.17. The van der Waals surface area contributed by atoms with E-state index < -0.39 is 5.60 Å². The van der Waals surface area contributed by atoms with Crippen LogP contribution in [0.15, 0.2) is 53.1 Å². The molecule has 25 heavy (non-hydrogen) atoms. The molecule has 1 fully saturated rings. The summed E-state index contributed by atoms with van der Waals surface area (Å²) in [5, 5.41) is 0. The Morgan fingerprint density at radius 1 is 1.16 bits per heavy atom. The van der Waals surface area contributed by atoms with Crippen LogP contribution in [0.3, 0.4) is 0 Å². The number of carbonyl (C=O) groups excluding carboxylic acids is 1. The summed E-state index contributed by atoms with van der Waals surface area (Å²) in [6.45, 7) is 5.22. The van der Waals surface area contributed by atoms with Gasteiger partial charge in [-0.05, 0) is 30.7 Å². The zero-order valence-electron chi connectivity index (χ0n) is 14.6. The minimum atomic E-state index is -0.562. The van der Waals surface area contributed by atoms with Crippen LogP contribution in [-0.2, 0) is 10.3 Å². The lowest BCUT2D eigenvalue weighted by Gasteiger charge is -2.41. The molecule has 1 aromatic carbocycles. The predicted octanol–water partition coefficient (Wildman–Crippen LogP) is 4.65. The minimum Gasteiger partial charge on any atom is -0.457 e. The third-order valence-corrected chi connectivity index (χ3v) is 4.80. The number of hydrogen-bond donors (Lipinski definition) is 0. The molecule has 1 saturated heterocycles. The van der Waals surface area contributed by atoms with Crippen molar-refractivity contribution in [2.24, 2.45) is 0 Å². The van der Waals surface area contributed by atoms with Crippen molar-refractivity contribution >= 4 is 18.4 Å². The molecule has 0 bridgehead atoms. The maximum Gasteiger partial charge on any atom is 0.375 e. The molecule has 0 aliphatic carbocycles. The summed E-state index contributed by atoms with van der Waals surface area (Å²) < 4.78 is 11.2. The molecule has 0 amide bonds. The Morgan fingerprint density at radius 3 is 2.48 bits per heavy atom. The Bertz CT molecular complexity index is 634. The molecule has 0 unspecified atom stereocenters. The number of esters is 1. The van der Waals surface area contributed by atoms with Crippen molar-refractivity contribution in [3.63, 3.8) is 0 Å². The highest BCUT2D eigenvalue weighted by Crippen LogP contribution is 2.37. The van der Waals surface area contributed by atoms with Crippen LogP contribution >= 0.6 is 12.4 Å². The number of carbonyl (C=O) groups is 1. The fourth-order valence-electron chi connectivity index (χ4n) is 3.33. The zero-order chi connectivity index (χ0) is 16.8. The van der Waals surface area contributed by atoms with Gasteiger partial charge in [-0.1, -0.05) is 43.7 Å². The second-order valence-corrected chi connectivity index (χ2v) is 6.42. The number of likely N-dealkylation sites (tertiary alicyclic amines) is 1. The molecule has 136 valence electrons. The Hall–Kier alpha value is -1.78. The summed E-state index contributed by atoms with van der Waals surface area (Å²) in [5.41, 5.74) is 0.508. The first-order chi connectivity index (χ1) is 11.7. The average molecular weight is 364 g/mol. The lowest BCUT2D eigenvalue weighted by molar-refractivity contribution is -0.0576. The molecule has 0 N–H and O–H groups in total. The maximum atomic E-state index is 12.5. The highest BCUT2D eigenvalue weighted by atomic mass is 35.5. The van der Waals surface area contributed by atoms with Crippen molar-refractivity contribution in [3.05, 3.63) is 60.1 Å². The van der Waals surface area contributed by atoms with Crippen molar-refractivity contribution in [1.82, 2.24) is 4.90 Å². The highest BCUT2D eigenvalue weighted by molar-refractivity contribution is 5.86. The largest absolute Gasteiger partial charge is 0.457 e. The van der Waals surface area contributed by atoms with Crippen molar-refractivity contribution < 1.29 is 13.9 Å². The molecule has 5 heteroatoms. The number of unbranched alkanes of at least 4 members (excludes halogenated alkanes) is 1. The molecule has 4 nitrogen and oxygen atoms in total. The summed E-state index contributed by atoms with van der Waals surface area (Å²) >= 11 is 0. The van der Waals surface area contributed by atoms with Gasteiger partial charge in [0.1, 0.15) is 5.60 Å². The fourth-order valence-corrected chi connectivity index (χ4v) is 3.33. The van der Waals surface area contributed by atoms with Crippen molar-refractivity contribution in [2.75, 3.05) is 19.6 Å². The van der Waals surface area contributed by atoms with Crippen LogP contribution in [0.4, 0.5) is 0 Å². The van der Waals surface area contributed by atoms with Crippen LogP contribution in [0.5, 0.6) is 0 Å². The normalized spacial score (nSPS) is 16.8. The van der Waals surface area contributed by atoms with Gasteiger partial charge in [-0.2, -0.15) is 0 Å². The molecule has 0 atom stereocenters. The van der Waals surface area contributed by atoms with Crippen LogP contribution in [-0.4, -0.2) is 30.5 Å². The summed E-state index contributed by atoms with van der Waals surface area (Å²) in [4.78, 5) is 14.9. The van der Waals surface area contributed by atoms with Crippen molar-refractivity contribution in [1.29, 1.82) is 0 Å². The highest BCUT2D eigenvalue weighted by Gasteiger charge is 2.40. The summed E-state index contributed by atoms with van der Waals surface area (Å²) in [5.74, 6) is -0.121. The molecule has 3 rings (SSSR count). The first kappa shape index (κ1) is 19.5. The van der Waals surface area contributed by atoms with Gasteiger partial charge in [0.05, 0.1) is 6.26 Å². The molecule has 1 aliphatic heterocycles. The molecule has 2 heterocycles. The maximum absolute atomic E-state index is 12.5. The molecule has 0 spiro atoms. The number of rotatable bonds is 6. The molecular weight excluding hydrogens is 338 g/mol. The molecule has 2 aromatic rings. The Labute approximate surface area is 155 Å². The van der Waals surface area contributed by atoms with Crippen LogP contribution in [0.2, 0.25) is 0 Å². The van der Waals surface area contributed by atoms with E-state index in [1.54, 1.807) is 12.1 Å². The van der Waals surface area contributed by atoms with Gasteiger partial charge >= 0.3 is 5.97 Å². The predicted molar refractivity (Wildman–Crippen MR) is 100 cm³/mol. The van der Waals surface area contributed by atoms with E-state index in [-0.39, 0.29) is 24.1 Å². The van der Waals surface area contributed by atoms with E-state index in [1.165, 1.54) is 19.1 Å². The van der Waals surface area contributed by atoms with E-state index in [2.05, 4.69) is 24.0 Å². The van der Waals surface area contributed by atoms with Gasteiger partial charge < -0.3 is 14.1 Å². The van der Waals surface area contributed by atoms with Gasteiger partial charge in [0, 0.05) is 25.9 Å². The van der Waals surface area contributed by atoms with E-state index in [1.807, 2.05) is 18.2 Å². The smallest absolute Gasteiger partial charge is 0.375 e. The van der Waals surface area contributed by atoms with Crippen LogP contribution in [0.1, 0.15) is 48.7 Å². The number of nitrogens with zero attached hydrogens (tertiary/aromatic N) is 1. The monoisotopic (exact) mass is 363 g/mol. The molecule has 1 aromatic heterocycles. The fraction of sp³-hybridized carbons (Fsp3) is 0.450. The summed E-state index contributed by atoms with van der Waals surface area (Å²) in [6.07, 6.45) is 5.54. The Balaban J connectivity index is 0.00000225. The molecule has 1 aliphatic rings. The zero-order valence-corrected chi connectivity index (χ0v) is 15.5. The van der Waals surface area contributed by atoms with Gasteiger partial charge in [0.2, 0.25) is 5.76 Å². The second kappa shape index (κ2) is 9.07. The van der Waals surface area contributed by atoms with Crippen LogP contribution < -0.4 is 0 Å². The molecule has 0 radical (unpaired) electrons. The Morgan fingerprint density at radius 2 is 1.88 bits per heavy atom. The van der Waals surface area contributed by atoms with E-state index in [4.69, 9.17) is 9.15 Å².